The third-order valence-electron chi connectivity index (χ3n) is 4.08. The van der Waals surface area contributed by atoms with Gasteiger partial charge in [-0.15, -0.1) is 0 Å². The molecule has 1 saturated heterocycles. The lowest BCUT2D eigenvalue weighted by atomic mass is 10.1. The molecule has 1 atom stereocenters. The Morgan fingerprint density at radius 3 is 2.90 bits per heavy atom. The van der Waals surface area contributed by atoms with Gasteiger partial charge in [0.1, 0.15) is 0 Å². The van der Waals surface area contributed by atoms with Crippen LogP contribution in [0.3, 0.4) is 0 Å². The van der Waals surface area contributed by atoms with Crippen LogP contribution in [0.15, 0.2) is 30.3 Å². The summed E-state index contributed by atoms with van der Waals surface area (Å²) < 4.78 is 5.71. The van der Waals surface area contributed by atoms with Crippen molar-refractivity contribution in [2.24, 2.45) is 0 Å². The minimum atomic E-state index is 0.561. The van der Waals surface area contributed by atoms with Gasteiger partial charge in [0, 0.05) is 25.7 Å². The van der Waals surface area contributed by atoms with Gasteiger partial charge in [-0.3, -0.25) is 4.90 Å². The van der Waals surface area contributed by atoms with Crippen molar-refractivity contribution in [3.8, 4) is 0 Å². The first-order valence-corrected chi connectivity index (χ1v) is 8.46. The summed E-state index contributed by atoms with van der Waals surface area (Å²) in [5.74, 6) is 0. The Labute approximate surface area is 129 Å². The Bertz CT molecular complexity index is 369. The van der Waals surface area contributed by atoms with Gasteiger partial charge < -0.3 is 10.1 Å². The van der Waals surface area contributed by atoms with E-state index in [4.69, 9.17) is 4.74 Å². The highest BCUT2D eigenvalue weighted by molar-refractivity contribution is 5.16. The third-order valence-corrected chi connectivity index (χ3v) is 4.08. The highest BCUT2D eigenvalue weighted by Gasteiger charge is 2.17. The molecule has 1 fully saturated rings. The number of ether oxygens (including phenoxy) is 1. The molecule has 1 N–H and O–H groups in total. The summed E-state index contributed by atoms with van der Waals surface area (Å²) >= 11 is 0. The standard InChI is InChI=1S/C18H30N2O/c1-2-3-13-21-14-12-20-11-7-10-19-18(16-20)15-17-8-5-4-6-9-17/h4-6,8-9,18-19H,2-3,7,10-16H2,1H3. The lowest BCUT2D eigenvalue weighted by Gasteiger charge is -2.24. The number of hydrogen-bond donors (Lipinski definition) is 1. The fourth-order valence-electron chi connectivity index (χ4n) is 2.86. The molecule has 2 rings (SSSR count). The number of rotatable bonds is 8. The largest absolute Gasteiger partial charge is 0.380 e. The molecule has 0 bridgehead atoms. The van der Waals surface area contributed by atoms with E-state index in [0.717, 1.165) is 39.3 Å². The van der Waals surface area contributed by atoms with Gasteiger partial charge >= 0.3 is 0 Å². The van der Waals surface area contributed by atoms with Crippen molar-refractivity contribution in [1.29, 1.82) is 0 Å². The van der Waals surface area contributed by atoms with E-state index < -0.39 is 0 Å². The Balaban J connectivity index is 1.73. The number of benzene rings is 1. The monoisotopic (exact) mass is 290 g/mol. The van der Waals surface area contributed by atoms with Crippen LogP contribution in [0.2, 0.25) is 0 Å². The van der Waals surface area contributed by atoms with Crippen molar-refractivity contribution >= 4 is 0 Å². The second-order valence-corrected chi connectivity index (χ2v) is 5.96. The summed E-state index contributed by atoms with van der Waals surface area (Å²) in [7, 11) is 0. The first-order chi connectivity index (χ1) is 10.4. The van der Waals surface area contributed by atoms with Crippen LogP contribution in [0.25, 0.3) is 0 Å². The van der Waals surface area contributed by atoms with E-state index in [-0.39, 0.29) is 0 Å². The van der Waals surface area contributed by atoms with Gasteiger partial charge in [0.05, 0.1) is 6.61 Å². The van der Waals surface area contributed by atoms with Crippen molar-refractivity contribution < 1.29 is 4.74 Å². The summed E-state index contributed by atoms with van der Waals surface area (Å²) in [4.78, 5) is 2.56. The summed E-state index contributed by atoms with van der Waals surface area (Å²) in [5.41, 5.74) is 1.43. The minimum absolute atomic E-state index is 0.561. The van der Waals surface area contributed by atoms with Crippen LogP contribution in [0.1, 0.15) is 31.7 Å². The lowest BCUT2D eigenvalue weighted by Crippen LogP contribution is -2.40. The first kappa shape index (κ1) is 16.5. The Kier molecular flexibility index (Phi) is 7.79. The predicted molar refractivity (Wildman–Crippen MR) is 88.7 cm³/mol. The first-order valence-electron chi connectivity index (χ1n) is 8.46. The molecule has 1 aliphatic rings. The highest BCUT2D eigenvalue weighted by atomic mass is 16.5. The molecule has 0 spiro atoms. The molecule has 1 aromatic carbocycles. The Hall–Kier alpha value is -0.900. The predicted octanol–water partition coefficient (Wildman–Crippen LogP) is 2.71. The zero-order chi connectivity index (χ0) is 14.8. The Morgan fingerprint density at radius 1 is 1.24 bits per heavy atom. The fraction of sp³-hybridized carbons (Fsp3) is 0.667. The molecule has 3 heteroatoms. The average Bonchev–Trinajstić information content (AvgIpc) is 2.73. The number of unbranched alkanes of at least 4 members (excludes halogenated alkanes) is 1. The van der Waals surface area contributed by atoms with E-state index in [1.54, 1.807) is 0 Å². The maximum atomic E-state index is 5.71. The number of nitrogens with one attached hydrogen (secondary N) is 1. The summed E-state index contributed by atoms with van der Waals surface area (Å²) in [6, 6.07) is 11.4. The van der Waals surface area contributed by atoms with Gasteiger partial charge in [0.2, 0.25) is 0 Å². The highest BCUT2D eigenvalue weighted by Crippen LogP contribution is 2.08. The van der Waals surface area contributed by atoms with Crippen molar-refractivity contribution in [2.45, 2.75) is 38.6 Å². The molecular weight excluding hydrogens is 260 g/mol. The van der Waals surface area contributed by atoms with Gasteiger partial charge in [-0.25, -0.2) is 0 Å². The maximum absolute atomic E-state index is 5.71. The topological polar surface area (TPSA) is 24.5 Å². The molecule has 3 nitrogen and oxygen atoms in total. The van der Waals surface area contributed by atoms with Crippen LogP contribution in [0, 0.1) is 0 Å². The van der Waals surface area contributed by atoms with Crippen molar-refractivity contribution in [1.82, 2.24) is 10.2 Å². The van der Waals surface area contributed by atoms with Gasteiger partial charge in [-0.2, -0.15) is 0 Å². The zero-order valence-corrected chi connectivity index (χ0v) is 13.4. The SMILES string of the molecule is CCCCOCCN1CCCNC(Cc2ccccc2)C1. The molecule has 0 saturated carbocycles. The van der Waals surface area contributed by atoms with Gasteiger partial charge in [-0.05, 0) is 37.9 Å². The summed E-state index contributed by atoms with van der Waals surface area (Å²) in [5, 5.41) is 3.69. The molecule has 118 valence electrons. The van der Waals surface area contributed by atoms with Crippen LogP contribution >= 0.6 is 0 Å². The molecule has 1 unspecified atom stereocenters. The fourth-order valence-corrected chi connectivity index (χ4v) is 2.86. The van der Waals surface area contributed by atoms with Gasteiger partial charge in [0.25, 0.3) is 0 Å². The van der Waals surface area contributed by atoms with Crippen LogP contribution in [0.4, 0.5) is 0 Å². The quantitative estimate of drug-likeness (QED) is 0.745. The Morgan fingerprint density at radius 2 is 2.10 bits per heavy atom. The molecule has 21 heavy (non-hydrogen) atoms. The second-order valence-electron chi connectivity index (χ2n) is 5.96. The van der Waals surface area contributed by atoms with Gasteiger partial charge in [-0.1, -0.05) is 43.7 Å². The average molecular weight is 290 g/mol. The molecule has 1 aromatic rings. The van der Waals surface area contributed by atoms with Crippen LogP contribution < -0.4 is 5.32 Å². The number of hydrogen-bond acceptors (Lipinski definition) is 3. The van der Waals surface area contributed by atoms with E-state index >= 15 is 0 Å². The smallest absolute Gasteiger partial charge is 0.0593 e. The zero-order valence-electron chi connectivity index (χ0n) is 13.4. The summed E-state index contributed by atoms with van der Waals surface area (Å²) in [6.45, 7) is 8.51. The van der Waals surface area contributed by atoms with E-state index in [0.29, 0.717) is 6.04 Å². The molecule has 1 heterocycles. The van der Waals surface area contributed by atoms with E-state index in [9.17, 15) is 0 Å². The summed E-state index contributed by atoms with van der Waals surface area (Å²) in [6.07, 6.45) is 4.75. The van der Waals surface area contributed by atoms with Crippen LogP contribution in [-0.2, 0) is 11.2 Å². The van der Waals surface area contributed by atoms with Crippen LogP contribution in [-0.4, -0.2) is 50.3 Å². The van der Waals surface area contributed by atoms with Crippen molar-refractivity contribution in [3.63, 3.8) is 0 Å². The van der Waals surface area contributed by atoms with Crippen molar-refractivity contribution in [2.75, 3.05) is 39.4 Å². The van der Waals surface area contributed by atoms with E-state index in [2.05, 4.69) is 47.5 Å². The number of nitrogens with zero attached hydrogens (tertiary/aromatic N) is 1. The minimum Gasteiger partial charge on any atom is -0.380 e. The molecule has 1 aliphatic heterocycles. The van der Waals surface area contributed by atoms with Crippen LogP contribution in [0.5, 0.6) is 0 Å². The van der Waals surface area contributed by atoms with Gasteiger partial charge in [0.15, 0.2) is 0 Å². The van der Waals surface area contributed by atoms with Crippen molar-refractivity contribution in [3.05, 3.63) is 35.9 Å². The van der Waals surface area contributed by atoms with E-state index in [1.807, 2.05) is 0 Å². The third kappa shape index (κ3) is 6.60. The molecule has 0 aliphatic carbocycles. The normalized spacial score (nSPS) is 20.3. The molecule has 0 radical (unpaired) electrons. The molecular formula is C18H30N2O. The molecule has 0 amide bonds. The lowest BCUT2D eigenvalue weighted by molar-refractivity contribution is 0.101. The second kappa shape index (κ2) is 9.93. The maximum Gasteiger partial charge on any atom is 0.0593 e. The van der Waals surface area contributed by atoms with E-state index in [1.165, 1.54) is 31.4 Å². The molecule has 0 aromatic heterocycles.